The lowest BCUT2D eigenvalue weighted by molar-refractivity contribution is -0.255. The Morgan fingerprint density at radius 1 is 1.30 bits per heavy atom. The van der Waals surface area contributed by atoms with E-state index in [0.29, 0.717) is 0 Å². The zero-order valence-electron chi connectivity index (χ0n) is 11.0. The van der Waals surface area contributed by atoms with Gasteiger partial charge in [-0.25, -0.2) is 9.59 Å². The summed E-state index contributed by atoms with van der Waals surface area (Å²) in [4.78, 5) is 34.5. The topological polar surface area (TPSA) is 92.7 Å². The molecule has 1 saturated heterocycles. The van der Waals surface area contributed by atoms with Gasteiger partial charge < -0.3 is 19.4 Å². The lowest BCUT2D eigenvalue weighted by Gasteiger charge is -2.22. The van der Waals surface area contributed by atoms with Crippen LogP contribution in [0.3, 0.4) is 0 Å². The Balaban J connectivity index is 2.25. The number of aromatic carboxylic acids is 1. The molecule has 1 heterocycles. The lowest BCUT2D eigenvalue weighted by Crippen LogP contribution is -2.35. The molecule has 0 unspecified atom stereocenters. The molecule has 2 rings (SSSR count). The fraction of sp³-hybridized carbons (Fsp3) is 0.357. The van der Waals surface area contributed by atoms with Crippen LogP contribution in [0.15, 0.2) is 24.3 Å². The summed E-state index contributed by atoms with van der Waals surface area (Å²) in [5.74, 6) is -3.00. The van der Waals surface area contributed by atoms with Crippen LogP contribution < -0.4 is 5.11 Å². The molecule has 0 amide bonds. The van der Waals surface area contributed by atoms with E-state index in [2.05, 4.69) is 0 Å². The van der Waals surface area contributed by atoms with Gasteiger partial charge in [-0.3, -0.25) is 0 Å². The van der Waals surface area contributed by atoms with E-state index >= 15 is 0 Å². The minimum atomic E-state index is -1.48. The summed E-state index contributed by atoms with van der Waals surface area (Å²) in [6.45, 7) is 3.59. The van der Waals surface area contributed by atoms with Gasteiger partial charge in [-0.2, -0.15) is 0 Å². The minimum Gasteiger partial charge on any atom is -0.545 e. The average molecular weight is 277 g/mol. The van der Waals surface area contributed by atoms with E-state index in [1.165, 1.54) is 24.3 Å². The molecule has 0 spiro atoms. The van der Waals surface area contributed by atoms with E-state index in [9.17, 15) is 19.5 Å². The fourth-order valence-corrected chi connectivity index (χ4v) is 1.94. The summed E-state index contributed by atoms with van der Waals surface area (Å²) in [7, 11) is 0. The molecule has 1 atom stereocenters. The van der Waals surface area contributed by atoms with E-state index in [0.717, 1.165) is 0 Å². The summed E-state index contributed by atoms with van der Waals surface area (Å²) >= 11 is 0. The monoisotopic (exact) mass is 277 g/mol. The van der Waals surface area contributed by atoms with Gasteiger partial charge >= 0.3 is 11.9 Å². The fourth-order valence-electron chi connectivity index (χ4n) is 1.94. The number of carboxylic acid groups (broad SMARTS) is 1. The molecule has 1 aromatic rings. The maximum absolute atomic E-state index is 12.0. The molecule has 20 heavy (non-hydrogen) atoms. The van der Waals surface area contributed by atoms with E-state index in [4.69, 9.17) is 9.47 Å². The maximum Gasteiger partial charge on any atom is 0.348 e. The molecule has 1 aromatic carbocycles. The molecule has 1 aliphatic heterocycles. The number of hydrogen-bond donors (Lipinski definition) is 0. The van der Waals surface area contributed by atoms with Crippen LogP contribution in [0.25, 0.3) is 0 Å². The molecule has 0 bridgehead atoms. The first-order chi connectivity index (χ1) is 9.33. The number of carboxylic acids is 1. The zero-order chi connectivity index (χ0) is 14.9. The molecule has 1 fully saturated rings. The highest BCUT2D eigenvalue weighted by atomic mass is 16.6. The van der Waals surface area contributed by atoms with Gasteiger partial charge in [-0.1, -0.05) is 32.0 Å². The highest BCUT2D eigenvalue weighted by Gasteiger charge is 2.46. The smallest absolute Gasteiger partial charge is 0.348 e. The Hall–Kier alpha value is -2.37. The van der Waals surface area contributed by atoms with E-state index < -0.39 is 29.4 Å². The molecule has 0 radical (unpaired) electrons. The van der Waals surface area contributed by atoms with Crippen molar-refractivity contribution in [1.29, 1.82) is 0 Å². The molecule has 106 valence electrons. The summed E-state index contributed by atoms with van der Waals surface area (Å²) in [5.41, 5.74) is -1.08. The first-order valence-corrected chi connectivity index (χ1v) is 6.01. The van der Waals surface area contributed by atoms with Gasteiger partial charge in [0.05, 0.1) is 11.5 Å². The predicted octanol–water partition coefficient (Wildman–Crippen LogP) is 0.159. The quantitative estimate of drug-likeness (QED) is 0.731. The number of carbonyl (C=O) groups excluding carboxylic acids is 3. The van der Waals surface area contributed by atoms with Crippen molar-refractivity contribution >= 4 is 17.9 Å². The molecule has 6 nitrogen and oxygen atoms in total. The number of cyclic esters (lactones) is 1. The molecule has 0 saturated carbocycles. The van der Waals surface area contributed by atoms with Gasteiger partial charge in [-0.15, -0.1) is 0 Å². The first-order valence-electron chi connectivity index (χ1n) is 6.01. The SMILES string of the molecule is CC1(C)COC(=O)[C@H]1OC(=O)c1ccccc1C(=O)[O-]. The van der Waals surface area contributed by atoms with Crippen LogP contribution in [-0.2, 0) is 14.3 Å². The van der Waals surface area contributed by atoms with E-state index in [1.807, 2.05) is 0 Å². The van der Waals surface area contributed by atoms with Crippen molar-refractivity contribution in [1.82, 2.24) is 0 Å². The van der Waals surface area contributed by atoms with Gasteiger partial charge in [-0.05, 0) is 6.07 Å². The number of hydrogen-bond acceptors (Lipinski definition) is 6. The summed E-state index contributed by atoms with van der Waals surface area (Å²) in [6, 6.07) is 5.52. The number of rotatable bonds is 3. The van der Waals surface area contributed by atoms with Gasteiger partial charge in [0.2, 0.25) is 6.10 Å². The van der Waals surface area contributed by atoms with Crippen molar-refractivity contribution in [2.75, 3.05) is 6.61 Å². The van der Waals surface area contributed by atoms with Crippen LogP contribution in [0.4, 0.5) is 0 Å². The number of carbonyl (C=O) groups is 3. The first kappa shape index (κ1) is 14.0. The Morgan fingerprint density at radius 3 is 2.40 bits per heavy atom. The minimum absolute atomic E-state index is 0.145. The highest BCUT2D eigenvalue weighted by Crippen LogP contribution is 2.31. The summed E-state index contributed by atoms with van der Waals surface area (Å²) in [5, 5.41) is 10.9. The van der Waals surface area contributed by atoms with Crippen molar-refractivity contribution in [2.45, 2.75) is 20.0 Å². The highest BCUT2D eigenvalue weighted by molar-refractivity contribution is 6.02. The molecular weight excluding hydrogens is 264 g/mol. The number of benzene rings is 1. The second-order valence-electron chi connectivity index (χ2n) is 5.21. The maximum atomic E-state index is 12.0. The van der Waals surface area contributed by atoms with Crippen molar-refractivity contribution < 1.29 is 29.0 Å². The lowest BCUT2D eigenvalue weighted by atomic mass is 9.90. The van der Waals surface area contributed by atoms with E-state index in [1.54, 1.807) is 13.8 Å². The van der Waals surface area contributed by atoms with Crippen LogP contribution in [-0.4, -0.2) is 30.6 Å². The molecule has 1 aliphatic rings. The van der Waals surface area contributed by atoms with Crippen LogP contribution in [0, 0.1) is 5.41 Å². The predicted molar refractivity (Wildman–Crippen MR) is 64.7 cm³/mol. The van der Waals surface area contributed by atoms with Gasteiger partial charge in [0.15, 0.2) is 0 Å². The van der Waals surface area contributed by atoms with Crippen molar-refractivity contribution in [3.05, 3.63) is 35.4 Å². The van der Waals surface area contributed by atoms with Gasteiger partial charge in [0.1, 0.15) is 6.61 Å². The van der Waals surface area contributed by atoms with Crippen LogP contribution in [0.5, 0.6) is 0 Å². The van der Waals surface area contributed by atoms with Crippen LogP contribution in [0.2, 0.25) is 0 Å². The Morgan fingerprint density at radius 2 is 1.90 bits per heavy atom. The molecule has 6 heteroatoms. The van der Waals surface area contributed by atoms with Crippen molar-refractivity contribution in [3.8, 4) is 0 Å². The van der Waals surface area contributed by atoms with Crippen LogP contribution >= 0.6 is 0 Å². The third-order valence-corrected chi connectivity index (χ3v) is 3.10. The number of esters is 2. The third-order valence-electron chi connectivity index (χ3n) is 3.10. The second-order valence-corrected chi connectivity index (χ2v) is 5.21. The Kier molecular flexibility index (Phi) is 3.48. The second kappa shape index (κ2) is 4.96. The van der Waals surface area contributed by atoms with Gasteiger partial charge in [0, 0.05) is 11.0 Å². The Bertz CT molecular complexity index is 575. The normalized spacial score (nSPS) is 20.3. The number of ether oxygens (including phenoxy) is 2. The Labute approximate surface area is 115 Å². The summed E-state index contributed by atoms with van der Waals surface area (Å²) < 4.78 is 9.96. The third kappa shape index (κ3) is 2.49. The molecular formula is C14H13O6-. The van der Waals surface area contributed by atoms with Crippen molar-refractivity contribution in [2.24, 2.45) is 5.41 Å². The zero-order valence-corrected chi connectivity index (χ0v) is 11.0. The van der Waals surface area contributed by atoms with Crippen LogP contribution in [0.1, 0.15) is 34.6 Å². The average Bonchev–Trinajstić information content (AvgIpc) is 2.65. The van der Waals surface area contributed by atoms with E-state index in [-0.39, 0.29) is 17.7 Å². The molecule has 0 N–H and O–H groups in total. The summed E-state index contributed by atoms with van der Waals surface area (Å²) in [6.07, 6.45) is -1.05. The molecule has 0 aliphatic carbocycles. The largest absolute Gasteiger partial charge is 0.545 e. The van der Waals surface area contributed by atoms with Crippen molar-refractivity contribution in [3.63, 3.8) is 0 Å². The standard InChI is InChI=1S/C14H14O6/c1-14(2)7-19-13(18)10(14)20-12(17)9-6-4-3-5-8(9)11(15)16/h3-6,10H,7H2,1-2H3,(H,15,16)/p-1/t10-/m1/s1. The van der Waals surface area contributed by atoms with Gasteiger partial charge in [0.25, 0.3) is 0 Å². The molecule has 0 aromatic heterocycles.